The van der Waals surface area contributed by atoms with Gasteiger partial charge in [-0.15, -0.1) is 0 Å². The fraction of sp³-hybridized carbons (Fsp3) is 0.467. The highest BCUT2D eigenvalue weighted by Crippen LogP contribution is 2.19. The van der Waals surface area contributed by atoms with Gasteiger partial charge in [-0.3, -0.25) is 4.90 Å². The van der Waals surface area contributed by atoms with Gasteiger partial charge in [0.25, 0.3) is 0 Å². The standard InChI is InChI=1S/C15H20N4O/c1-11-7-8-19(9-13(11)16)10-14-17-15(18-20-14)12-5-3-2-4-6-12/h2-6,11,13H,7-10,16H2,1H3. The Morgan fingerprint density at radius 2 is 2.15 bits per heavy atom. The average Bonchev–Trinajstić information content (AvgIpc) is 2.92. The maximum Gasteiger partial charge on any atom is 0.241 e. The molecule has 1 aromatic carbocycles. The largest absolute Gasteiger partial charge is 0.338 e. The molecule has 20 heavy (non-hydrogen) atoms. The highest BCUT2D eigenvalue weighted by atomic mass is 16.5. The minimum Gasteiger partial charge on any atom is -0.338 e. The molecular weight excluding hydrogens is 252 g/mol. The third kappa shape index (κ3) is 2.89. The second kappa shape index (κ2) is 5.73. The van der Waals surface area contributed by atoms with Crippen LogP contribution in [0.15, 0.2) is 34.9 Å². The molecule has 1 aliphatic rings. The van der Waals surface area contributed by atoms with Crippen LogP contribution < -0.4 is 5.73 Å². The van der Waals surface area contributed by atoms with Gasteiger partial charge in [0.15, 0.2) is 0 Å². The van der Waals surface area contributed by atoms with Crippen molar-refractivity contribution in [1.82, 2.24) is 15.0 Å². The highest BCUT2D eigenvalue weighted by molar-refractivity contribution is 5.53. The van der Waals surface area contributed by atoms with Gasteiger partial charge >= 0.3 is 0 Å². The minimum atomic E-state index is 0.236. The Morgan fingerprint density at radius 1 is 1.35 bits per heavy atom. The Bertz CT molecular complexity index is 554. The Morgan fingerprint density at radius 3 is 2.90 bits per heavy atom. The van der Waals surface area contributed by atoms with E-state index in [1.54, 1.807) is 0 Å². The summed E-state index contributed by atoms with van der Waals surface area (Å²) in [6.07, 6.45) is 1.13. The van der Waals surface area contributed by atoms with Crippen molar-refractivity contribution in [2.24, 2.45) is 11.7 Å². The lowest BCUT2D eigenvalue weighted by Gasteiger charge is -2.34. The number of nitrogens with zero attached hydrogens (tertiary/aromatic N) is 3. The van der Waals surface area contributed by atoms with E-state index in [0.717, 1.165) is 25.1 Å². The van der Waals surface area contributed by atoms with Gasteiger partial charge in [-0.1, -0.05) is 42.4 Å². The summed E-state index contributed by atoms with van der Waals surface area (Å²) in [5, 5.41) is 4.04. The molecule has 0 radical (unpaired) electrons. The number of hydrogen-bond acceptors (Lipinski definition) is 5. The Balaban J connectivity index is 1.66. The van der Waals surface area contributed by atoms with E-state index < -0.39 is 0 Å². The van der Waals surface area contributed by atoms with E-state index in [1.807, 2.05) is 30.3 Å². The maximum atomic E-state index is 6.11. The number of likely N-dealkylation sites (tertiary alicyclic amines) is 1. The van der Waals surface area contributed by atoms with Crippen LogP contribution in [0.5, 0.6) is 0 Å². The van der Waals surface area contributed by atoms with Crippen LogP contribution in [-0.4, -0.2) is 34.2 Å². The number of nitrogens with two attached hydrogens (primary N) is 1. The summed E-state index contributed by atoms with van der Waals surface area (Å²) in [6, 6.07) is 10.1. The molecule has 5 nitrogen and oxygen atoms in total. The van der Waals surface area contributed by atoms with Gasteiger partial charge in [-0.25, -0.2) is 0 Å². The Kier molecular flexibility index (Phi) is 3.80. The van der Waals surface area contributed by atoms with Crippen LogP contribution >= 0.6 is 0 Å². The summed E-state index contributed by atoms with van der Waals surface area (Å²) >= 11 is 0. The first-order valence-corrected chi connectivity index (χ1v) is 7.08. The van der Waals surface area contributed by atoms with Crippen LogP contribution in [0.4, 0.5) is 0 Å². The molecule has 2 unspecified atom stereocenters. The monoisotopic (exact) mass is 272 g/mol. The number of rotatable bonds is 3. The van der Waals surface area contributed by atoms with Crippen molar-refractivity contribution in [3.05, 3.63) is 36.2 Å². The summed E-state index contributed by atoms with van der Waals surface area (Å²) in [5.41, 5.74) is 7.09. The summed E-state index contributed by atoms with van der Waals surface area (Å²) in [5.74, 6) is 1.90. The Labute approximate surface area is 118 Å². The van der Waals surface area contributed by atoms with Crippen molar-refractivity contribution in [2.45, 2.75) is 25.9 Å². The lowest BCUT2D eigenvalue weighted by molar-refractivity contribution is 0.146. The van der Waals surface area contributed by atoms with Crippen molar-refractivity contribution in [3.8, 4) is 11.4 Å². The highest BCUT2D eigenvalue weighted by Gasteiger charge is 2.24. The summed E-state index contributed by atoms with van der Waals surface area (Å²) in [6.45, 7) is 4.82. The molecule has 106 valence electrons. The maximum absolute atomic E-state index is 6.11. The van der Waals surface area contributed by atoms with Crippen LogP contribution in [0.3, 0.4) is 0 Å². The topological polar surface area (TPSA) is 68.2 Å². The first-order chi connectivity index (χ1) is 9.72. The Hall–Kier alpha value is -1.72. The van der Waals surface area contributed by atoms with Gasteiger partial charge in [0.1, 0.15) is 0 Å². The van der Waals surface area contributed by atoms with Crippen LogP contribution in [0.25, 0.3) is 11.4 Å². The summed E-state index contributed by atoms with van der Waals surface area (Å²) in [4.78, 5) is 6.74. The van der Waals surface area contributed by atoms with E-state index in [9.17, 15) is 0 Å². The van der Waals surface area contributed by atoms with Crippen molar-refractivity contribution >= 4 is 0 Å². The van der Waals surface area contributed by atoms with Crippen LogP contribution in [0.1, 0.15) is 19.2 Å². The zero-order valence-electron chi connectivity index (χ0n) is 11.7. The molecule has 2 atom stereocenters. The van der Waals surface area contributed by atoms with Crippen LogP contribution in [0.2, 0.25) is 0 Å². The van der Waals surface area contributed by atoms with Gasteiger partial charge in [0.2, 0.25) is 11.7 Å². The molecule has 0 spiro atoms. The normalized spacial score (nSPS) is 23.9. The van der Waals surface area contributed by atoms with Gasteiger partial charge in [0, 0.05) is 18.2 Å². The quantitative estimate of drug-likeness (QED) is 0.924. The first kappa shape index (κ1) is 13.3. The van der Waals surface area contributed by atoms with E-state index in [4.69, 9.17) is 10.3 Å². The predicted molar refractivity (Wildman–Crippen MR) is 76.8 cm³/mol. The fourth-order valence-corrected chi connectivity index (χ4v) is 2.53. The molecule has 2 heterocycles. The van der Waals surface area contributed by atoms with Gasteiger partial charge in [-0.05, 0) is 18.9 Å². The number of benzene rings is 1. The van der Waals surface area contributed by atoms with Gasteiger partial charge in [-0.2, -0.15) is 4.98 Å². The molecule has 1 fully saturated rings. The van der Waals surface area contributed by atoms with E-state index in [2.05, 4.69) is 22.0 Å². The smallest absolute Gasteiger partial charge is 0.241 e. The predicted octanol–water partition coefficient (Wildman–Crippen LogP) is 1.91. The van der Waals surface area contributed by atoms with E-state index in [-0.39, 0.29) is 6.04 Å². The molecule has 1 aromatic heterocycles. The number of aromatic nitrogens is 2. The zero-order valence-corrected chi connectivity index (χ0v) is 11.7. The summed E-state index contributed by atoms with van der Waals surface area (Å²) in [7, 11) is 0. The number of piperidine rings is 1. The van der Waals surface area contributed by atoms with Crippen LogP contribution in [-0.2, 0) is 6.54 Å². The van der Waals surface area contributed by atoms with E-state index in [1.165, 1.54) is 0 Å². The molecule has 1 saturated heterocycles. The SMILES string of the molecule is CC1CCN(Cc2nc(-c3ccccc3)no2)CC1N. The third-order valence-electron chi connectivity index (χ3n) is 3.96. The molecule has 2 aromatic rings. The lowest BCUT2D eigenvalue weighted by Crippen LogP contribution is -2.47. The molecule has 0 amide bonds. The molecule has 5 heteroatoms. The van der Waals surface area contributed by atoms with E-state index >= 15 is 0 Å². The number of hydrogen-bond donors (Lipinski definition) is 1. The second-order valence-electron chi connectivity index (χ2n) is 5.54. The molecule has 2 N–H and O–H groups in total. The summed E-state index contributed by atoms with van der Waals surface area (Å²) < 4.78 is 5.34. The van der Waals surface area contributed by atoms with Gasteiger partial charge < -0.3 is 10.3 Å². The fourth-order valence-electron chi connectivity index (χ4n) is 2.53. The van der Waals surface area contributed by atoms with Crippen molar-refractivity contribution in [1.29, 1.82) is 0 Å². The molecule has 0 bridgehead atoms. The van der Waals surface area contributed by atoms with Crippen LogP contribution in [0, 0.1) is 5.92 Å². The van der Waals surface area contributed by atoms with Gasteiger partial charge in [0.05, 0.1) is 6.54 Å². The van der Waals surface area contributed by atoms with Crippen molar-refractivity contribution in [3.63, 3.8) is 0 Å². The second-order valence-corrected chi connectivity index (χ2v) is 5.54. The van der Waals surface area contributed by atoms with Crippen molar-refractivity contribution in [2.75, 3.05) is 13.1 Å². The third-order valence-corrected chi connectivity index (χ3v) is 3.96. The average molecular weight is 272 g/mol. The molecule has 3 rings (SSSR count). The molecule has 0 saturated carbocycles. The lowest BCUT2D eigenvalue weighted by atomic mass is 9.94. The minimum absolute atomic E-state index is 0.236. The molecule has 1 aliphatic heterocycles. The van der Waals surface area contributed by atoms with E-state index in [0.29, 0.717) is 24.2 Å². The molecule has 0 aliphatic carbocycles. The molecular formula is C15H20N4O. The van der Waals surface area contributed by atoms with Crippen molar-refractivity contribution < 1.29 is 4.52 Å². The zero-order chi connectivity index (χ0) is 13.9. The first-order valence-electron chi connectivity index (χ1n) is 7.08.